The van der Waals surface area contributed by atoms with E-state index in [1.165, 1.54) is 0 Å². The van der Waals surface area contributed by atoms with E-state index in [0.717, 1.165) is 48.9 Å². The molecule has 206 valence electrons. The van der Waals surface area contributed by atoms with Crippen LogP contribution in [0.5, 0.6) is 0 Å². The Morgan fingerprint density at radius 2 is 1.50 bits per heavy atom. The van der Waals surface area contributed by atoms with Gasteiger partial charge in [-0.25, -0.2) is 18.5 Å². The zero-order valence-electron chi connectivity index (χ0n) is 18.6. The smallest absolute Gasteiger partial charge is 0.387 e. The van der Waals surface area contributed by atoms with Crippen molar-refractivity contribution in [1.82, 2.24) is 9.55 Å². The van der Waals surface area contributed by atoms with Crippen molar-refractivity contribution in [1.29, 1.82) is 0 Å². The molecule has 1 aromatic rings. The number of aliphatic hydroxyl groups is 2. The number of nitrogens with one attached hydrogen (secondary N) is 1. The molecule has 2 heterocycles. The highest BCUT2D eigenvalue weighted by Gasteiger charge is 2.47. The molecule has 7 atom stereocenters. The van der Waals surface area contributed by atoms with Gasteiger partial charge in [0.15, 0.2) is 6.23 Å². The number of ether oxygens (including phenoxy) is 1. The first-order valence-electron chi connectivity index (χ1n) is 10.7. The molecule has 0 amide bonds. The van der Waals surface area contributed by atoms with Gasteiger partial charge < -0.3 is 29.6 Å². The number of hydrogen-bond donors (Lipinski definition) is 6. The minimum atomic E-state index is -5.67. The van der Waals surface area contributed by atoms with Crippen LogP contribution in [0.1, 0.15) is 38.3 Å². The minimum absolute atomic E-state index is 0.0573. The maximum Gasteiger partial charge on any atom is 0.490 e. The van der Waals surface area contributed by atoms with Crippen molar-refractivity contribution < 1.29 is 61.0 Å². The third kappa shape index (κ3) is 8.23. The minimum Gasteiger partial charge on any atom is -0.387 e. The van der Waals surface area contributed by atoms with E-state index in [0.29, 0.717) is 0 Å². The maximum atomic E-state index is 12.1. The second-order valence-corrected chi connectivity index (χ2v) is 12.9. The fraction of sp³-hybridized carbons (Fsp3) is 0.750. The van der Waals surface area contributed by atoms with Gasteiger partial charge >= 0.3 is 29.2 Å². The predicted octanol–water partition coefficient (Wildman–Crippen LogP) is 0.104. The van der Waals surface area contributed by atoms with Crippen molar-refractivity contribution >= 4 is 23.5 Å². The van der Waals surface area contributed by atoms with E-state index in [4.69, 9.17) is 9.26 Å². The Hall–Kier alpha value is -1.03. The molecule has 0 spiro atoms. The summed E-state index contributed by atoms with van der Waals surface area (Å²) in [5.41, 5.74) is -1.71. The number of nitrogens with zero attached hydrogens (tertiary/aromatic N) is 1. The van der Waals surface area contributed by atoms with Gasteiger partial charge in [0.1, 0.15) is 18.3 Å². The Bertz CT molecular complexity index is 1160. The van der Waals surface area contributed by atoms with Crippen LogP contribution in [0.2, 0.25) is 0 Å². The van der Waals surface area contributed by atoms with Crippen LogP contribution in [-0.4, -0.2) is 66.0 Å². The van der Waals surface area contributed by atoms with Gasteiger partial charge in [-0.1, -0.05) is 19.3 Å². The number of rotatable bonds is 11. The SMILES string of the molecule is O=c1ccn(C2OC(COP(=O)(O)OP(=O)(O)OP(=O)(O)OCC3CCCCC3)C(O)C2O)c(=O)[nH]1. The highest BCUT2D eigenvalue weighted by Crippen LogP contribution is 2.67. The molecule has 2 fully saturated rings. The van der Waals surface area contributed by atoms with Gasteiger partial charge in [0.2, 0.25) is 0 Å². The lowest BCUT2D eigenvalue weighted by atomic mass is 9.90. The first-order chi connectivity index (χ1) is 16.7. The van der Waals surface area contributed by atoms with Crippen LogP contribution >= 0.6 is 23.5 Å². The lowest BCUT2D eigenvalue weighted by Gasteiger charge is -2.23. The van der Waals surface area contributed by atoms with E-state index in [1.807, 2.05) is 4.98 Å². The molecule has 1 aromatic heterocycles. The molecule has 3 rings (SSSR count). The molecule has 0 aromatic carbocycles. The van der Waals surface area contributed by atoms with Crippen LogP contribution in [0, 0.1) is 5.92 Å². The highest BCUT2D eigenvalue weighted by atomic mass is 31.3. The molecule has 7 unspecified atom stereocenters. The number of aromatic amines is 1. The quantitative estimate of drug-likeness (QED) is 0.190. The summed E-state index contributed by atoms with van der Waals surface area (Å²) < 4.78 is 59.3. The van der Waals surface area contributed by atoms with Crippen LogP contribution in [-0.2, 0) is 36.1 Å². The van der Waals surface area contributed by atoms with Crippen molar-refractivity contribution in [3.63, 3.8) is 0 Å². The number of hydrogen-bond acceptors (Lipinski definition) is 12. The standard InChI is InChI=1S/C16H27N2O15P3/c19-12-6-7-18(16(22)17-12)15-14(21)13(20)11(31-15)9-30-35(25,26)33-36(27,28)32-34(23,24)29-8-10-4-2-1-3-5-10/h6-7,10-11,13-15,20-21H,1-5,8-9H2,(H,23,24)(H,25,26)(H,27,28)(H,17,19,22). The Labute approximate surface area is 203 Å². The summed E-state index contributed by atoms with van der Waals surface area (Å²) >= 11 is 0. The predicted molar refractivity (Wildman–Crippen MR) is 117 cm³/mol. The molecule has 0 radical (unpaired) electrons. The number of phosphoric acid groups is 3. The molecular weight excluding hydrogens is 553 g/mol. The molecule has 1 aliphatic heterocycles. The van der Waals surface area contributed by atoms with Gasteiger partial charge in [-0.05, 0) is 18.8 Å². The summed E-state index contributed by atoms with van der Waals surface area (Å²) in [5.74, 6) is -0.0573. The van der Waals surface area contributed by atoms with Gasteiger partial charge in [-0.3, -0.25) is 23.4 Å². The van der Waals surface area contributed by atoms with E-state index >= 15 is 0 Å². The fourth-order valence-corrected chi connectivity index (χ4v) is 7.35. The Morgan fingerprint density at radius 3 is 2.08 bits per heavy atom. The molecule has 20 heteroatoms. The molecule has 0 bridgehead atoms. The van der Waals surface area contributed by atoms with Gasteiger partial charge in [0.05, 0.1) is 13.2 Å². The van der Waals surface area contributed by atoms with Crippen molar-refractivity contribution in [3.05, 3.63) is 33.1 Å². The zero-order chi connectivity index (χ0) is 26.7. The summed E-state index contributed by atoms with van der Waals surface area (Å²) in [7, 11) is -16.3. The summed E-state index contributed by atoms with van der Waals surface area (Å²) in [5, 5.41) is 20.3. The first-order valence-corrected chi connectivity index (χ1v) is 15.2. The van der Waals surface area contributed by atoms with E-state index < -0.39 is 65.9 Å². The van der Waals surface area contributed by atoms with Crippen LogP contribution in [0.4, 0.5) is 0 Å². The molecular formula is C16H27N2O15P3. The maximum absolute atomic E-state index is 12.1. The van der Waals surface area contributed by atoms with Gasteiger partial charge in [0.25, 0.3) is 5.56 Å². The van der Waals surface area contributed by atoms with E-state index in [9.17, 15) is 48.2 Å². The molecule has 6 N–H and O–H groups in total. The molecule has 36 heavy (non-hydrogen) atoms. The molecule has 1 saturated heterocycles. The van der Waals surface area contributed by atoms with Crippen molar-refractivity contribution in [2.75, 3.05) is 13.2 Å². The van der Waals surface area contributed by atoms with Crippen LogP contribution in [0.3, 0.4) is 0 Å². The summed E-state index contributed by atoms with van der Waals surface area (Å²) in [4.78, 5) is 54.0. The zero-order valence-corrected chi connectivity index (χ0v) is 21.3. The molecule has 1 aliphatic carbocycles. The van der Waals surface area contributed by atoms with E-state index in [1.54, 1.807) is 0 Å². The van der Waals surface area contributed by atoms with Gasteiger partial charge in [-0.15, -0.1) is 0 Å². The summed E-state index contributed by atoms with van der Waals surface area (Å²) in [6.07, 6.45) is -1.32. The third-order valence-corrected chi connectivity index (χ3v) is 9.73. The normalized spacial score (nSPS) is 30.4. The third-order valence-electron chi connectivity index (χ3n) is 5.48. The number of aliphatic hydroxyl groups excluding tert-OH is 2. The topological polar surface area (TPSA) is 253 Å². The van der Waals surface area contributed by atoms with Crippen molar-refractivity contribution in [2.45, 2.75) is 56.6 Å². The molecule has 17 nitrogen and oxygen atoms in total. The van der Waals surface area contributed by atoms with Crippen molar-refractivity contribution in [2.24, 2.45) is 5.92 Å². The Kier molecular flexibility index (Phi) is 9.67. The fourth-order valence-electron chi connectivity index (χ4n) is 3.77. The first kappa shape index (κ1) is 29.5. The lowest BCUT2D eigenvalue weighted by Crippen LogP contribution is -2.37. The second-order valence-electron chi connectivity index (χ2n) is 8.23. The largest absolute Gasteiger partial charge is 0.490 e. The average molecular weight is 580 g/mol. The van der Waals surface area contributed by atoms with Crippen LogP contribution in [0.15, 0.2) is 21.9 Å². The van der Waals surface area contributed by atoms with Gasteiger partial charge in [-0.2, -0.15) is 8.62 Å². The summed E-state index contributed by atoms with van der Waals surface area (Å²) in [6.45, 7) is -1.24. The molecule has 2 aliphatic rings. The van der Waals surface area contributed by atoms with E-state index in [-0.39, 0.29) is 12.5 Å². The van der Waals surface area contributed by atoms with Crippen molar-refractivity contribution in [3.8, 4) is 0 Å². The van der Waals surface area contributed by atoms with Crippen LogP contribution in [0.25, 0.3) is 0 Å². The number of phosphoric ester groups is 2. The number of H-pyrrole nitrogens is 1. The Morgan fingerprint density at radius 1 is 0.917 bits per heavy atom. The van der Waals surface area contributed by atoms with Crippen LogP contribution < -0.4 is 11.2 Å². The van der Waals surface area contributed by atoms with Gasteiger partial charge in [0, 0.05) is 12.3 Å². The number of aromatic nitrogens is 2. The lowest BCUT2D eigenvalue weighted by molar-refractivity contribution is -0.0542. The molecule has 1 saturated carbocycles. The Balaban J connectivity index is 1.54. The van der Waals surface area contributed by atoms with E-state index in [2.05, 4.69) is 13.1 Å². The second kappa shape index (κ2) is 11.8. The average Bonchev–Trinajstić information content (AvgIpc) is 3.04. The highest BCUT2D eigenvalue weighted by molar-refractivity contribution is 7.66. The monoisotopic (exact) mass is 580 g/mol. The summed E-state index contributed by atoms with van der Waals surface area (Å²) in [6, 6.07) is 0.945.